The summed E-state index contributed by atoms with van der Waals surface area (Å²) >= 11 is 0. The number of nitrogens with two attached hydrogens (primary N) is 1. The molecule has 3 aliphatic heterocycles. The molecule has 3 fully saturated rings. The van der Waals surface area contributed by atoms with Gasteiger partial charge in [-0.15, -0.1) is 0 Å². The molecule has 7 nitrogen and oxygen atoms in total. The molecule has 0 aromatic carbocycles. The highest BCUT2D eigenvalue weighted by Crippen LogP contribution is 2.40. The number of carbonyl (C=O) groups is 3. The third-order valence-electron chi connectivity index (χ3n) is 5.53. The third kappa shape index (κ3) is 3.90. The van der Waals surface area contributed by atoms with E-state index in [1.165, 1.54) is 0 Å². The number of carbonyl (C=O) groups excluding carboxylic acids is 3. The largest absolute Gasteiger partial charge is 0.444 e. The summed E-state index contributed by atoms with van der Waals surface area (Å²) in [6.07, 6.45) is 3.79. The Morgan fingerprint density at radius 3 is 2.28 bits per heavy atom. The van der Waals surface area contributed by atoms with E-state index in [-0.39, 0.29) is 36.4 Å². The Labute approximate surface area is 148 Å². The number of primary amides is 1. The van der Waals surface area contributed by atoms with Crippen LogP contribution < -0.4 is 5.73 Å². The van der Waals surface area contributed by atoms with Crippen molar-refractivity contribution in [2.75, 3.05) is 13.1 Å². The Morgan fingerprint density at radius 1 is 1.20 bits per heavy atom. The number of rotatable bonds is 3. The van der Waals surface area contributed by atoms with Gasteiger partial charge in [0.15, 0.2) is 0 Å². The van der Waals surface area contributed by atoms with Gasteiger partial charge >= 0.3 is 6.09 Å². The van der Waals surface area contributed by atoms with E-state index in [0.717, 1.165) is 25.7 Å². The first-order chi connectivity index (χ1) is 11.6. The molecule has 3 saturated heterocycles. The lowest BCUT2D eigenvalue weighted by Crippen LogP contribution is -2.50. The average molecular weight is 351 g/mol. The summed E-state index contributed by atoms with van der Waals surface area (Å²) in [6.45, 7) is 6.75. The maximum absolute atomic E-state index is 12.5. The summed E-state index contributed by atoms with van der Waals surface area (Å²) in [5.74, 6) is -0.362. The number of likely N-dealkylation sites (tertiary alicyclic amines) is 1. The smallest absolute Gasteiger partial charge is 0.410 e. The van der Waals surface area contributed by atoms with Crippen LogP contribution in [0.15, 0.2) is 0 Å². The second-order valence-corrected chi connectivity index (χ2v) is 8.71. The average Bonchev–Trinajstić information content (AvgIpc) is 2.96. The second-order valence-electron chi connectivity index (χ2n) is 8.71. The standard InChI is InChI=1S/C18H29N3O4/c1-18(2,3)25-17(24)21-13-4-5-14(21)7-11(6-13)9-20-10-12(16(19)23)8-15(20)22/h11-14H,4-10H2,1-3H3,(H2,19,23)/t11?,12?,13-,14+. The first-order valence-electron chi connectivity index (χ1n) is 9.22. The van der Waals surface area contributed by atoms with Gasteiger partial charge in [0.05, 0.1) is 5.92 Å². The van der Waals surface area contributed by atoms with Gasteiger partial charge in [-0.25, -0.2) is 4.79 Å². The van der Waals surface area contributed by atoms with Crippen LogP contribution in [0.5, 0.6) is 0 Å². The summed E-state index contributed by atoms with van der Waals surface area (Å²) in [4.78, 5) is 39.6. The maximum Gasteiger partial charge on any atom is 0.410 e. The fourth-order valence-corrected chi connectivity index (χ4v) is 4.50. The van der Waals surface area contributed by atoms with Crippen molar-refractivity contribution in [1.29, 1.82) is 0 Å². The van der Waals surface area contributed by atoms with Crippen molar-refractivity contribution < 1.29 is 19.1 Å². The molecule has 3 rings (SSSR count). The van der Waals surface area contributed by atoms with Crippen molar-refractivity contribution in [3.8, 4) is 0 Å². The molecule has 3 amide bonds. The molecule has 4 atom stereocenters. The summed E-state index contributed by atoms with van der Waals surface area (Å²) in [5, 5.41) is 0. The molecule has 0 aromatic rings. The third-order valence-corrected chi connectivity index (χ3v) is 5.53. The Balaban J connectivity index is 1.58. The molecule has 140 valence electrons. The topological polar surface area (TPSA) is 92.9 Å². The van der Waals surface area contributed by atoms with Gasteiger partial charge in [-0.2, -0.15) is 0 Å². The molecule has 0 radical (unpaired) electrons. The number of piperidine rings is 1. The normalized spacial score (nSPS) is 32.2. The van der Waals surface area contributed by atoms with Gasteiger partial charge in [-0.1, -0.05) is 0 Å². The first kappa shape index (κ1) is 18.0. The van der Waals surface area contributed by atoms with Crippen molar-refractivity contribution >= 4 is 17.9 Å². The molecule has 0 aliphatic carbocycles. The van der Waals surface area contributed by atoms with Crippen LogP contribution in [-0.2, 0) is 14.3 Å². The van der Waals surface area contributed by atoms with Gasteiger partial charge in [0.2, 0.25) is 11.8 Å². The molecule has 0 saturated carbocycles. The molecule has 0 aromatic heterocycles. The lowest BCUT2D eigenvalue weighted by Gasteiger charge is -2.40. The van der Waals surface area contributed by atoms with Crippen molar-refractivity contribution in [3.63, 3.8) is 0 Å². The van der Waals surface area contributed by atoms with E-state index in [1.54, 1.807) is 4.90 Å². The van der Waals surface area contributed by atoms with E-state index in [1.807, 2.05) is 25.7 Å². The number of hydrogen-bond acceptors (Lipinski definition) is 4. The zero-order valence-corrected chi connectivity index (χ0v) is 15.4. The number of nitrogens with zero attached hydrogens (tertiary/aromatic N) is 2. The van der Waals surface area contributed by atoms with Gasteiger partial charge in [0, 0.05) is 31.6 Å². The van der Waals surface area contributed by atoms with Gasteiger partial charge in [0.1, 0.15) is 5.60 Å². The van der Waals surface area contributed by atoms with Crippen LogP contribution >= 0.6 is 0 Å². The zero-order valence-electron chi connectivity index (χ0n) is 15.4. The first-order valence-corrected chi connectivity index (χ1v) is 9.22. The minimum atomic E-state index is -0.487. The lowest BCUT2D eigenvalue weighted by molar-refractivity contribution is -0.129. The Morgan fingerprint density at radius 2 is 1.80 bits per heavy atom. The second kappa shape index (κ2) is 6.50. The molecule has 2 bridgehead atoms. The summed E-state index contributed by atoms with van der Waals surface area (Å²) < 4.78 is 5.56. The van der Waals surface area contributed by atoms with Crippen molar-refractivity contribution in [2.45, 2.75) is 70.6 Å². The Bertz CT molecular complexity index is 557. The molecular weight excluding hydrogens is 322 g/mol. The quantitative estimate of drug-likeness (QED) is 0.834. The van der Waals surface area contributed by atoms with Gasteiger partial charge in [-0.05, 0) is 52.4 Å². The number of amides is 3. The molecule has 2 N–H and O–H groups in total. The number of hydrogen-bond donors (Lipinski definition) is 1. The summed E-state index contributed by atoms with van der Waals surface area (Å²) in [7, 11) is 0. The fraction of sp³-hybridized carbons (Fsp3) is 0.833. The maximum atomic E-state index is 12.5. The minimum absolute atomic E-state index is 0.0192. The fourth-order valence-electron chi connectivity index (χ4n) is 4.50. The van der Waals surface area contributed by atoms with E-state index < -0.39 is 11.5 Å². The predicted molar refractivity (Wildman–Crippen MR) is 91.5 cm³/mol. The van der Waals surface area contributed by atoms with Crippen LogP contribution in [0, 0.1) is 11.8 Å². The summed E-state index contributed by atoms with van der Waals surface area (Å²) in [6, 6.07) is 0.395. The van der Waals surface area contributed by atoms with Gasteiger partial charge < -0.3 is 20.3 Å². The van der Waals surface area contributed by atoms with Crippen LogP contribution in [-0.4, -0.2) is 58.5 Å². The number of fused-ring (bicyclic) bond motifs is 2. The van der Waals surface area contributed by atoms with Crippen molar-refractivity contribution in [1.82, 2.24) is 9.80 Å². The van der Waals surface area contributed by atoms with E-state index in [4.69, 9.17) is 10.5 Å². The molecule has 25 heavy (non-hydrogen) atoms. The molecule has 3 heterocycles. The molecule has 3 aliphatic rings. The predicted octanol–water partition coefficient (Wildman–Crippen LogP) is 1.50. The van der Waals surface area contributed by atoms with Gasteiger partial charge in [0.25, 0.3) is 0 Å². The highest BCUT2D eigenvalue weighted by Gasteiger charge is 2.46. The van der Waals surface area contributed by atoms with Crippen LogP contribution in [0.25, 0.3) is 0 Å². The summed E-state index contributed by atoms with van der Waals surface area (Å²) in [5.41, 5.74) is 4.85. The molecule has 2 unspecified atom stereocenters. The number of ether oxygens (including phenoxy) is 1. The molecule has 0 spiro atoms. The Hall–Kier alpha value is -1.79. The molecule has 7 heteroatoms. The monoisotopic (exact) mass is 351 g/mol. The Kier molecular flexibility index (Phi) is 4.68. The zero-order chi connectivity index (χ0) is 18.4. The minimum Gasteiger partial charge on any atom is -0.444 e. The van der Waals surface area contributed by atoms with Crippen LogP contribution in [0.4, 0.5) is 4.79 Å². The van der Waals surface area contributed by atoms with E-state index in [9.17, 15) is 14.4 Å². The van der Waals surface area contributed by atoms with E-state index >= 15 is 0 Å². The van der Waals surface area contributed by atoms with Crippen LogP contribution in [0.1, 0.15) is 52.9 Å². The highest BCUT2D eigenvalue weighted by atomic mass is 16.6. The SMILES string of the molecule is CC(C)(C)OC(=O)N1[C@@H]2CC[C@H]1CC(CN1CC(C(N)=O)CC1=O)C2. The van der Waals surface area contributed by atoms with Crippen LogP contribution in [0.2, 0.25) is 0 Å². The van der Waals surface area contributed by atoms with Crippen molar-refractivity contribution in [3.05, 3.63) is 0 Å². The van der Waals surface area contributed by atoms with Gasteiger partial charge in [-0.3, -0.25) is 9.59 Å². The van der Waals surface area contributed by atoms with Crippen molar-refractivity contribution in [2.24, 2.45) is 17.6 Å². The highest BCUT2D eigenvalue weighted by molar-refractivity contribution is 5.88. The van der Waals surface area contributed by atoms with Crippen LogP contribution in [0.3, 0.4) is 0 Å². The van der Waals surface area contributed by atoms with E-state index in [2.05, 4.69) is 0 Å². The van der Waals surface area contributed by atoms with E-state index in [0.29, 0.717) is 19.0 Å². The lowest BCUT2D eigenvalue weighted by atomic mass is 9.90. The molecular formula is C18H29N3O4.